The molecule has 0 saturated carbocycles. The number of hydrogen-bond acceptors (Lipinski definition) is 5. The van der Waals surface area contributed by atoms with Crippen LogP contribution in [-0.4, -0.2) is 41.4 Å². The molecule has 0 atom stereocenters. The Bertz CT molecular complexity index is 121. The van der Waals surface area contributed by atoms with E-state index in [-0.39, 0.29) is 13.6 Å². The lowest BCUT2D eigenvalue weighted by molar-refractivity contribution is -0.0413. The van der Waals surface area contributed by atoms with E-state index >= 15 is 0 Å². The summed E-state index contributed by atoms with van der Waals surface area (Å²) in [5.41, 5.74) is 1.24. The van der Waals surface area contributed by atoms with E-state index < -0.39 is 8.80 Å². The maximum atomic E-state index is 9.50. The van der Waals surface area contributed by atoms with E-state index in [9.17, 15) is 4.80 Å². The first kappa shape index (κ1) is 11.8. The van der Waals surface area contributed by atoms with Gasteiger partial charge in [-0.05, 0) is 5.70 Å². The van der Waals surface area contributed by atoms with Crippen LogP contribution >= 0.6 is 0 Å². The zero-order chi connectivity index (χ0) is 9.45. The van der Waals surface area contributed by atoms with Crippen LogP contribution in [0.5, 0.6) is 0 Å². The van der Waals surface area contributed by atoms with Crippen molar-refractivity contribution in [2.45, 2.75) is 0 Å². The lowest BCUT2D eigenvalue weighted by Gasteiger charge is -2.19. The van der Waals surface area contributed by atoms with Gasteiger partial charge in [-0.3, -0.25) is 0 Å². The highest BCUT2D eigenvalue weighted by molar-refractivity contribution is 6.64. The van der Waals surface area contributed by atoms with Gasteiger partial charge in [0.2, 0.25) is 0 Å². The molecular weight excluding hydrogens is 180 g/mol. The molecule has 12 heavy (non-hydrogen) atoms. The quantitative estimate of drug-likeness (QED) is 0.452. The fourth-order valence-electron chi connectivity index (χ4n) is 0.446. The van der Waals surface area contributed by atoms with Gasteiger partial charge in [-0.15, -0.1) is 0 Å². The third-order valence-corrected chi connectivity index (χ3v) is 2.60. The Balaban J connectivity index is 3.78. The molecule has 0 rings (SSSR count). The second kappa shape index (κ2) is 6.29. The summed E-state index contributed by atoms with van der Waals surface area (Å²) in [6, 6.07) is 0. The second-order valence-corrected chi connectivity index (χ2v) is 4.18. The first-order valence-electron chi connectivity index (χ1n) is 3.30. The van der Waals surface area contributed by atoms with Gasteiger partial charge in [-0.1, -0.05) is 6.58 Å². The molecular formula is C6H14O5Si. The second-order valence-electron chi connectivity index (χ2n) is 1.94. The molecule has 0 fully saturated rings. The van der Waals surface area contributed by atoms with Crippen molar-refractivity contribution in [1.82, 2.24) is 0 Å². The molecule has 1 N–H and O–H groups in total. The van der Waals surface area contributed by atoms with Crippen LogP contribution in [0.1, 0.15) is 0 Å². The summed E-state index contributed by atoms with van der Waals surface area (Å²) in [4.78, 5) is 9.50. The van der Waals surface area contributed by atoms with Crippen molar-refractivity contribution in [2.24, 2.45) is 0 Å². The van der Waals surface area contributed by atoms with Crippen molar-refractivity contribution in [1.29, 1.82) is 0 Å². The predicted molar refractivity (Wildman–Crippen MR) is 44.1 cm³/mol. The van der Waals surface area contributed by atoms with Gasteiger partial charge < -0.3 is 23.1 Å². The third kappa shape index (κ3) is 4.60. The van der Waals surface area contributed by atoms with Gasteiger partial charge in [0, 0.05) is 14.2 Å². The smallest absolute Gasteiger partial charge is 0.387 e. The minimum Gasteiger partial charge on any atom is -0.387 e. The van der Waals surface area contributed by atoms with Crippen molar-refractivity contribution >= 4 is 8.80 Å². The molecule has 0 aromatic rings. The average molecular weight is 194 g/mol. The molecule has 0 aliphatic rings. The highest BCUT2D eigenvalue weighted by Crippen LogP contribution is 2.03. The summed E-state index contributed by atoms with van der Waals surface area (Å²) >= 11 is 0. The van der Waals surface area contributed by atoms with Gasteiger partial charge >= 0.3 is 8.80 Å². The SMILES string of the molecule is C=C[Si](O)(OCOC)OCOC. The fourth-order valence-corrected chi connectivity index (χ4v) is 1.34. The normalized spacial score (nSPS) is 11.6. The monoisotopic (exact) mass is 194 g/mol. The van der Waals surface area contributed by atoms with E-state index in [1.807, 2.05) is 0 Å². The van der Waals surface area contributed by atoms with Gasteiger partial charge in [0.15, 0.2) is 0 Å². The van der Waals surface area contributed by atoms with Gasteiger partial charge in [0.05, 0.1) is 0 Å². The highest BCUT2D eigenvalue weighted by Gasteiger charge is 2.33. The maximum absolute atomic E-state index is 9.50. The molecule has 0 amide bonds. The number of ether oxygens (including phenoxy) is 2. The van der Waals surface area contributed by atoms with E-state index in [0.29, 0.717) is 0 Å². The highest BCUT2D eigenvalue weighted by atomic mass is 28.4. The van der Waals surface area contributed by atoms with Crippen LogP contribution in [0.2, 0.25) is 0 Å². The molecule has 0 bridgehead atoms. The minimum absolute atomic E-state index is 0.0293. The molecule has 5 nitrogen and oxygen atoms in total. The van der Waals surface area contributed by atoms with Crippen LogP contribution in [0.15, 0.2) is 12.3 Å². The fraction of sp³-hybridized carbons (Fsp3) is 0.667. The molecule has 0 saturated heterocycles. The summed E-state index contributed by atoms with van der Waals surface area (Å²) in [6.45, 7) is 3.33. The summed E-state index contributed by atoms with van der Waals surface area (Å²) in [7, 11) is -0.346. The molecule has 0 aliphatic carbocycles. The lowest BCUT2D eigenvalue weighted by Crippen LogP contribution is -2.41. The van der Waals surface area contributed by atoms with Crippen LogP contribution in [0, 0.1) is 0 Å². The largest absolute Gasteiger partial charge is 0.529 e. The number of methoxy groups -OCH3 is 2. The molecule has 6 heteroatoms. The number of hydrogen-bond donors (Lipinski definition) is 1. The Kier molecular flexibility index (Phi) is 6.16. The third-order valence-electron chi connectivity index (χ3n) is 1.03. The Morgan fingerprint density at radius 2 is 1.67 bits per heavy atom. The molecule has 0 aliphatic heterocycles. The zero-order valence-corrected chi connectivity index (χ0v) is 8.28. The summed E-state index contributed by atoms with van der Waals surface area (Å²) in [5.74, 6) is 0. The Labute approximate surface area is 72.9 Å². The van der Waals surface area contributed by atoms with Crippen LogP contribution in [-0.2, 0) is 18.3 Å². The maximum Gasteiger partial charge on any atom is 0.529 e. The van der Waals surface area contributed by atoms with Crippen LogP contribution in [0.25, 0.3) is 0 Å². The topological polar surface area (TPSA) is 57.2 Å². The Morgan fingerprint density at radius 3 is 1.92 bits per heavy atom. The van der Waals surface area contributed by atoms with Gasteiger partial charge in [-0.25, -0.2) is 0 Å². The van der Waals surface area contributed by atoms with Gasteiger partial charge in [0.1, 0.15) is 13.6 Å². The van der Waals surface area contributed by atoms with E-state index in [4.69, 9.17) is 8.85 Å². The van der Waals surface area contributed by atoms with Crippen molar-refractivity contribution < 1.29 is 23.1 Å². The summed E-state index contributed by atoms with van der Waals surface area (Å²) in [6.07, 6.45) is 0. The van der Waals surface area contributed by atoms with Crippen LogP contribution in [0.4, 0.5) is 0 Å². The average Bonchev–Trinajstić information content (AvgIpc) is 2.11. The first-order chi connectivity index (χ1) is 5.68. The molecule has 0 aromatic carbocycles. The minimum atomic E-state index is -3.25. The molecule has 72 valence electrons. The van der Waals surface area contributed by atoms with Crippen LogP contribution in [0.3, 0.4) is 0 Å². The molecule has 0 spiro atoms. The predicted octanol–water partition coefficient (Wildman–Crippen LogP) is -0.116. The molecule has 0 aromatic heterocycles. The van der Waals surface area contributed by atoms with E-state index in [2.05, 4.69) is 16.1 Å². The van der Waals surface area contributed by atoms with E-state index in [1.54, 1.807) is 0 Å². The number of rotatable bonds is 7. The lowest BCUT2D eigenvalue weighted by atomic mass is 11.3. The zero-order valence-electron chi connectivity index (χ0n) is 7.28. The first-order valence-corrected chi connectivity index (χ1v) is 5.14. The van der Waals surface area contributed by atoms with E-state index in [1.165, 1.54) is 19.9 Å². The molecule has 0 unspecified atom stereocenters. The van der Waals surface area contributed by atoms with Gasteiger partial charge in [-0.2, -0.15) is 0 Å². The Hall–Kier alpha value is -0.243. The Morgan fingerprint density at radius 1 is 1.25 bits per heavy atom. The molecule has 0 radical (unpaired) electrons. The van der Waals surface area contributed by atoms with Gasteiger partial charge in [0.25, 0.3) is 0 Å². The van der Waals surface area contributed by atoms with Crippen molar-refractivity contribution in [3.8, 4) is 0 Å². The summed E-state index contributed by atoms with van der Waals surface area (Å²) in [5, 5.41) is 0. The van der Waals surface area contributed by atoms with Crippen molar-refractivity contribution in [3.63, 3.8) is 0 Å². The standard InChI is InChI=1S/C6H14O5Si/c1-4-12(7,10-5-8-2)11-6-9-3/h4,7H,1,5-6H2,2-3H3. The summed E-state index contributed by atoms with van der Waals surface area (Å²) < 4.78 is 19.0. The van der Waals surface area contributed by atoms with Crippen LogP contribution < -0.4 is 0 Å². The van der Waals surface area contributed by atoms with E-state index in [0.717, 1.165) is 0 Å². The van der Waals surface area contributed by atoms with Crippen molar-refractivity contribution in [3.05, 3.63) is 12.3 Å². The molecule has 0 heterocycles. The van der Waals surface area contributed by atoms with Crippen molar-refractivity contribution in [2.75, 3.05) is 27.8 Å².